The summed E-state index contributed by atoms with van der Waals surface area (Å²) in [6.45, 7) is 0.745. The first-order valence-corrected chi connectivity index (χ1v) is 13.5. The average molecular weight is 515 g/mol. The highest BCUT2D eigenvalue weighted by atomic mass is 16.5. The number of aromatic carboxylic acids is 1. The zero-order valence-electron chi connectivity index (χ0n) is 21.9. The van der Waals surface area contributed by atoms with Crippen molar-refractivity contribution in [1.82, 2.24) is 0 Å². The van der Waals surface area contributed by atoms with E-state index in [1.165, 1.54) is 5.56 Å². The highest BCUT2D eigenvalue weighted by Gasteiger charge is 2.09. The molecule has 0 saturated carbocycles. The van der Waals surface area contributed by atoms with E-state index < -0.39 is 11.9 Å². The number of hydrogen-bond donors (Lipinski definition) is 2. The van der Waals surface area contributed by atoms with E-state index in [1.54, 1.807) is 12.1 Å². The highest BCUT2D eigenvalue weighted by Crippen LogP contribution is 2.20. The Balaban J connectivity index is 1.46. The van der Waals surface area contributed by atoms with Crippen molar-refractivity contribution in [2.45, 2.75) is 57.8 Å². The number of carboxylic acid groups (broad SMARTS) is 2. The lowest BCUT2D eigenvalue weighted by molar-refractivity contribution is -0.137. The summed E-state index contributed by atoms with van der Waals surface area (Å²) in [5, 5.41) is 18.1. The van der Waals surface area contributed by atoms with Gasteiger partial charge in [0.15, 0.2) is 0 Å². The number of aryl methyl sites for hydroxylation is 1. The minimum absolute atomic E-state index is 0.186. The smallest absolute Gasteiger partial charge is 0.335 e. The van der Waals surface area contributed by atoms with Crippen molar-refractivity contribution in [3.05, 3.63) is 107 Å². The van der Waals surface area contributed by atoms with Crippen LogP contribution in [0, 0.1) is 5.92 Å². The number of aliphatic carboxylic acids is 1. The number of unbranched alkanes of at least 4 members (excludes halogenated alkanes) is 3. The minimum atomic E-state index is -0.929. The molecule has 3 rings (SSSR count). The second-order valence-electron chi connectivity index (χ2n) is 9.68. The molecule has 38 heavy (non-hydrogen) atoms. The van der Waals surface area contributed by atoms with Crippen molar-refractivity contribution in [3.8, 4) is 5.75 Å². The molecule has 0 fully saturated rings. The molecule has 3 aromatic carbocycles. The molecule has 0 radical (unpaired) electrons. The van der Waals surface area contributed by atoms with Crippen molar-refractivity contribution in [1.29, 1.82) is 0 Å². The quantitative estimate of drug-likeness (QED) is 0.180. The molecule has 1 atom stereocenters. The maximum atomic E-state index is 11.1. The van der Waals surface area contributed by atoms with Gasteiger partial charge >= 0.3 is 11.9 Å². The predicted molar refractivity (Wildman–Crippen MR) is 152 cm³/mol. The fraction of sp³-hybridized carbons (Fsp3) is 0.333. The number of carboxylic acids is 2. The van der Waals surface area contributed by atoms with Gasteiger partial charge in [0.2, 0.25) is 0 Å². The Morgan fingerprint density at radius 2 is 1.47 bits per heavy atom. The van der Waals surface area contributed by atoms with Crippen molar-refractivity contribution >= 4 is 18.0 Å². The zero-order chi connectivity index (χ0) is 27.0. The normalized spacial score (nSPS) is 11.9. The molecule has 0 aliphatic heterocycles. The van der Waals surface area contributed by atoms with Gasteiger partial charge in [-0.25, -0.2) is 4.79 Å². The van der Waals surface area contributed by atoms with E-state index in [1.807, 2.05) is 42.5 Å². The van der Waals surface area contributed by atoms with Crippen LogP contribution in [0.1, 0.15) is 72.0 Å². The van der Waals surface area contributed by atoms with E-state index in [2.05, 4.69) is 36.4 Å². The fourth-order valence-electron chi connectivity index (χ4n) is 4.39. The Kier molecular flexibility index (Phi) is 12.1. The Bertz CT molecular complexity index is 1130. The van der Waals surface area contributed by atoms with Crippen molar-refractivity contribution < 1.29 is 24.5 Å². The summed E-state index contributed by atoms with van der Waals surface area (Å²) in [5.74, 6) is -0.517. The number of ether oxygens (including phenoxy) is 1. The first kappa shape index (κ1) is 28.7. The standard InChI is InChI=1S/C33H38O5/c34-32(35)13-7-6-10-28(25-29-20-22-30(23-21-29)33(36)37)19-18-27-16-14-26(15-17-27)9-3-2-8-24-38-31-11-4-1-5-12-31/h1,4-5,11-12,14-23,28H,2-3,6-10,13,24-25H2,(H,34,35)(H,36,37)/b19-18+. The Morgan fingerprint density at radius 3 is 2.16 bits per heavy atom. The Hall–Kier alpha value is -3.86. The molecule has 0 aliphatic carbocycles. The Morgan fingerprint density at radius 1 is 0.763 bits per heavy atom. The first-order chi connectivity index (χ1) is 18.5. The van der Waals surface area contributed by atoms with E-state index in [0.29, 0.717) is 6.42 Å². The number of rotatable bonds is 17. The van der Waals surface area contributed by atoms with Crippen LogP contribution in [0.3, 0.4) is 0 Å². The van der Waals surface area contributed by atoms with Crippen molar-refractivity contribution in [2.24, 2.45) is 5.92 Å². The molecule has 5 heteroatoms. The molecule has 200 valence electrons. The summed E-state index contributed by atoms with van der Waals surface area (Å²) in [6.07, 6.45) is 12.0. The molecule has 1 unspecified atom stereocenters. The van der Waals surface area contributed by atoms with Gasteiger partial charge < -0.3 is 14.9 Å². The second kappa shape index (κ2) is 16.1. The molecule has 2 N–H and O–H groups in total. The zero-order valence-corrected chi connectivity index (χ0v) is 21.9. The number of hydrogen-bond acceptors (Lipinski definition) is 3. The third-order valence-corrected chi connectivity index (χ3v) is 6.58. The molecular weight excluding hydrogens is 476 g/mol. The molecule has 0 aromatic heterocycles. The lowest BCUT2D eigenvalue weighted by Gasteiger charge is -2.13. The van der Waals surface area contributed by atoms with Crippen LogP contribution in [0.4, 0.5) is 0 Å². The van der Waals surface area contributed by atoms with Gasteiger partial charge in [0.1, 0.15) is 5.75 Å². The molecule has 5 nitrogen and oxygen atoms in total. The number of para-hydroxylation sites is 1. The van der Waals surface area contributed by atoms with Gasteiger partial charge in [-0.05, 0) is 91.8 Å². The summed E-state index contributed by atoms with van der Waals surface area (Å²) in [7, 11) is 0. The number of carbonyl (C=O) groups is 2. The van der Waals surface area contributed by atoms with Gasteiger partial charge in [-0.3, -0.25) is 4.79 Å². The van der Waals surface area contributed by atoms with E-state index in [0.717, 1.165) is 68.4 Å². The fourth-order valence-corrected chi connectivity index (χ4v) is 4.39. The third kappa shape index (κ3) is 11.0. The summed E-state index contributed by atoms with van der Waals surface area (Å²) in [4.78, 5) is 22.0. The van der Waals surface area contributed by atoms with Gasteiger partial charge in [-0.1, -0.05) is 73.2 Å². The van der Waals surface area contributed by atoms with Crippen LogP contribution in [-0.2, 0) is 17.6 Å². The molecule has 0 spiro atoms. The van der Waals surface area contributed by atoms with Crippen LogP contribution in [0.2, 0.25) is 0 Å². The van der Waals surface area contributed by atoms with Gasteiger partial charge in [0.25, 0.3) is 0 Å². The van der Waals surface area contributed by atoms with Crippen molar-refractivity contribution in [3.63, 3.8) is 0 Å². The van der Waals surface area contributed by atoms with E-state index in [9.17, 15) is 9.59 Å². The highest BCUT2D eigenvalue weighted by molar-refractivity contribution is 5.87. The van der Waals surface area contributed by atoms with Gasteiger partial charge in [0.05, 0.1) is 12.2 Å². The molecule has 0 aliphatic rings. The maximum Gasteiger partial charge on any atom is 0.335 e. The van der Waals surface area contributed by atoms with E-state index in [-0.39, 0.29) is 17.9 Å². The van der Waals surface area contributed by atoms with Crippen LogP contribution < -0.4 is 4.74 Å². The third-order valence-electron chi connectivity index (χ3n) is 6.58. The topological polar surface area (TPSA) is 83.8 Å². The van der Waals surface area contributed by atoms with Crippen molar-refractivity contribution in [2.75, 3.05) is 6.61 Å². The van der Waals surface area contributed by atoms with Gasteiger partial charge in [-0.2, -0.15) is 0 Å². The number of allylic oxidation sites excluding steroid dienone is 1. The SMILES string of the molecule is O=C(O)CCCCC(/C=C/c1ccc(CCCCCOc2ccccc2)cc1)Cc1ccc(C(=O)O)cc1. The summed E-state index contributed by atoms with van der Waals surface area (Å²) >= 11 is 0. The predicted octanol–water partition coefficient (Wildman–Crippen LogP) is 7.69. The maximum absolute atomic E-state index is 11.1. The Labute approximate surface area is 225 Å². The molecule has 0 amide bonds. The van der Waals surface area contributed by atoms with Gasteiger partial charge in [-0.15, -0.1) is 0 Å². The second-order valence-corrected chi connectivity index (χ2v) is 9.68. The molecule has 0 saturated heterocycles. The molecule has 0 heterocycles. The van der Waals surface area contributed by atoms with Crippen LogP contribution in [0.5, 0.6) is 5.75 Å². The lowest BCUT2D eigenvalue weighted by Crippen LogP contribution is -2.04. The lowest BCUT2D eigenvalue weighted by atomic mass is 9.92. The van der Waals surface area contributed by atoms with Crippen LogP contribution in [0.25, 0.3) is 6.08 Å². The van der Waals surface area contributed by atoms with Crippen LogP contribution in [0.15, 0.2) is 84.9 Å². The number of benzene rings is 3. The monoisotopic (exact) mass is 514 g/mol. The molecule has 3 aromatic rings. The van der Waals surface area contributed by atoms with Crippen LogP contribution >= 0.6 is 0 Å². The summed E-state index contributed by atoms with van der Waals surface area (Å²) < 4.78 is 5.76. The van der Waals surface area contributed by atoms with Crippen LogP contribution in [-0.4, -0.2) is 28.8 Å². The summed E-state index contributed by atoms with van der Waals surface area (Å²) in [5.41, 5.74) is 3.83. The first-order valence-electron chi connectivity index (χ1n) is 13.5. The largest absolute Gasteiger partial charge is 0.494 e. The minimum Gasteiger partial charge on any atom is -0.494 e. The molecular formula is C33H38O5. The van der Waals surface area contributed by atoms with E-state index >= 15 is 0 Å². The molecule has 0 bridgehead atoms. The van der Waals surface area contributed by atoms with E-state index in [4.69, 9.17) is 14.9 Å². The van der Waals surface area contributed by atoms with Gasteiger partial charge in [0, 0.05) is 6.42 Å². The average Bonchev–Trinajstić information content (AvgIpc) is 2.93. The summed E-state index contributed by atoms with van der Waals surface area (Å²) in [6, 6.07) is 25.6.